The molecule has 0 saturated carbocycles. The van der Waals surface area contributed by atoms with Crippen LogP contribution in [0.25, 0.3) is 0 Å². The molecule has 1 heterocycles. The summed E-state index contributed by atoms with van der Waals surface area (Å²) in [6, 6.07) is 3.33. The van der Waals surface area contributed by atoms with E-state index in [1.54, 1.807) is 19.1 Å². The lowest BCUT2D eigenvalue weighted by Crippen LogP contribution is -2.27. The average molecular weight is 277 g/mol. The maximum Gasteiger partial charge on any atom is 0.152 e. The molecule has 0 aliphatic heterocycles. The van der Waals surface area contributed by atoms with Crippen LogP contribution in [0.2, 0.25) is 5.15 Å². The summed E-state index contributed by atoms with van der Waals surface area (Å²) in [4.78, 5) is 4.10. The van der Waals surface area contributed by atoms with Crippen LogP contribution in [0.1, 0.15) is 19.5 Å². The van der Waals surface area contributed by atoms with Gasteiger partial charge in [0, 0.05) is 11.8 Å². The number of halogens is 1. The molecule has 0 fully saturated rings. The maximum atomic E-state index is 11.5. The van der Waals surface area contributed by atoms with E-state index in [9.17, 15) is 8.42 Å². The smallest absolute Gasteiger partial charge is 0.152 e. The van der Waals surface area contributed by atoms with E-state index in [1.807, 2.05) is 13.8 Å². The molecular weight excluding hydrogens is 260 g/mol. The number of hydrogen-bond donors (Lipinski definition) is 1. The van der Waals surface area contributed by atoms with Gasteiger partial charge in [-0.2, -0.15) is 0 Å². The summed E-state index contributed by atoms with van der Waals surface area (Å²) >= 11 is 5.75. The molecule has 0 bridgehead atoms. The van der Waals surface area contributed by atoms with Crippen LogP contribution in [0.4, 0.5) is 5.69 Å². The third kappa shape index (κ3) is 4.52. The molecular formula is C11H17ClN2O2S. The lowest BCUT2D eigenvalue weighted by Gasteiger charge is -2.16. The van der Waals surface area contributed by atoms with Crippen molar-refractivity contribution in [1.82, 2.24) is 4.98 Å². The Kier molecular flexibility index (Phi) is 4.77. The van der Waals surface area contributed by atoms with Crippen LogP contribution in [0.3, 0.4) is 0 Å². The summed E-state index contributed by atoms with van der Waals surface area (Å²) in [5, 5.41) is 3.56. The molecule has 0 amide bonds. The van der Waals surface area contributed by atoms with Crippen LogP contribution >= 0.6 is 11.6 Å². The summed E-state index contributed by atoms with van der Waals surface area (Å²) in [5.41, 5.74) is 1.58. The average Bonchev–Trinajstić information content (AvgIpc) is 2.21. The zero-order valence-corrected chi connectivity index (χ0v) is 11.8. The first kappa shape index (κ1) is 14.3. The lowest BCUT2D eigenvalue weighted by molar-refractivity contribution is 0.593. The van der Waals surface area contributed by atoms with Gasteiger partial charge in [0.05, 0.1) is 17.1 Å². The first-order valence-electron chi connectivity index (χ1n) is 5.44. The van der Waals surface area contributed by atoms with Gasteiger partial charge in [-0.1, -0.05) is 18.5 Å². The Morgan fingerprint density at radius 3 is 2.65 bits per heavy atom. The molecule has 1 rings (SSSR count). The molecule has 0 aliphatic carbocycles. The minimum atomic E-state index is -2.97. The first-order valence-corrected chi connectivity index (χ1v) is 7.64. The van der Waals surface area contributed by atoms with E-state index < -0.39 is 9.84 Å². The fraction of sp³-hybridized carbons (Fsp3) is 0.545. The Bertz CT molecular complexity index is 488. The molecule has 0 radical (unpaired) electrons. The van der Waals surface area contributed by atoms with E-state index in [1.165, 1.54) is 0 Å². The number of sulfone groups is 1. The van der Waals surface area contributed by atoms with Gasteiger partial charge in [-0.15, -0.1) is 0 Å². The minimum absolute atomic E-state index is 0.117. The van der Waals surface area contributed by atoms with Gasteiger partial charge in [0.1, 0.15) is 5.15 Å². The highest BCUT2D eigenvalue weighted by atomic mass is 35.5. The SMILES string of the molecule is CCS(=O)(=O)CC(C)Nc1ccc(Cl)nc1C. The molecule has 0 saturated heterocycles. The second-order valence-corrected chi connectivity index (χ2v) is 6.80. The molecule has 17 heavy (non-hydrogen) atoms. The molecule has 0 aromatic carbocycles. The van der Waals surface area contributed by atoms with E-state index in [0.717, 1.165) is 11.4 Å². The van der Waals surface area contributed by atoms with Crippen LogP contribution in [0.5, 0.6) is 0 Å². The van der Waals surface area contributed by atoms with Crippen molar-refractivity contribution in [3.8, 4) is 0 Å². The van der Waals surface area contributed by atoms with Gasteiger partial charge in [0.15, 0.2) is 9.84 Å². The second kappa shape index (κ2) is 5.69. The number of anilines is 1. The van der Waals surface area contributed by atoms with E-state index in [4.69, 9.17) is 11.6 Å². The Morgan fingerprint density at radius 2 is 2.12 bits per heavy atom. The predicted molar refractivity (Wildman–Crippen MR) is 71.4 cm³/mol. The zero-order chi connectivity index (χ0) is 13.1. The Hall–Kier alpha value is -0.810. The number of nitrogens with one attached hydrogen (secondary N) is 1. The van der Waals surface area contributed by atoms with Crippen molar-refractivity contribution in [2.75, 3.05) is 16.8 Å². The highest BCUT2D eigenvalue weighted by Gasteiger charge is 2.14. The molecule has 1 atom stereocenters. The van der Waals surface area contributed by atoms with Crippen molar-refractivity contribution in [3.63, 3.8) is 0 Å². The number of aryl methyl sites for hydroxylation is 1. The Balaban J connectivity index is 2.72. The number of nitrogens with zero attached hydrogens (tertiary/aromatic N) is 1. The second-order valence-electron chi connectivity index (χ2n) is 4.01. The molecule has 1 aromatic rings. The van der Waals surface area contributed by atoms with Crippen LogP contribution in [-0.4, -0.2) is 30.9 Å². The van der Waals surface area contributed by atoms with Gasteiger partial charge >= 0.3 is 0 Å². The monoisotopic (exact) mass is 276 g/mol. The summed E-state index contributed by atoms with van der Waals surface area (Å²) in [6.07, 6.45) is 0. The predicted octanol–water partition coefficient (Wildman–Crippen LogP) is 2.28. The molecule has 1 N–H and O–H groups in total. The standard InChI is InChI=1S/C11H17ClN2O2S/c1-4-17(15,16)7-8(2)13-10-5-6-11(12)14-9(10)3/h5-6,8,13H,4,7H2,1-3H3. The molecule has 0 aliphatic rings. The molecule has 4 nitrogen and oxygen atoms in total. The highest BCUT2D eigenvalue weighted by Crippen LogP contribution is 2.16. The summed E-state index contributed by atoms with van der Waals surface area (Å²) in [7, 11) is -2.97. The van der Waals surface area contributed by atoms with Crippen molar-refractivity contribution in [2.24, 2.45) is 0 Å². The minimum Gasteiger partial charge on any atom is -0.380 e. The van der Waals surface area contributed by atoms with E-state index in [-0.39, 0.29) is 17.5 Å². The van der Waals surface area contributed by atoms with Crippen molar-refractivity contribution < 1.29 is 8.42 Å². The lowest BCUT2D eigenvalue weighted by atomic mass is 10.3. The van der Waals surface area contributed by atoms with E-state index in [2.05, 4.69) is 10.3 Å². The quantitative estimate of drug-likeness (QED) is 0.838. The zero-order valence-electron chi connectivity index (χ0n) is 10.2. The third-order valence-corrected chi connectivity index (χ3v) is 4.50. The van der Waals surface area contributed by atoms with Crippen molar-refractivity contribution in [3.05, 3.63) is 23.0 Å². The molecule has 0 spiro atoms. The molecule has 1 aromatic heterocycles. The fourth-order valence-corrected chi connectivity index (χ4v) is 2.76. The summed E-state index contributed by atoms with van der Waals surface area (Å²) in [6.45, 7) is 5.31. The van der Waals surface area contributed by atoms with Gasteiger partial charge in [0.25, 0.3) is 0 Å². The van der Waals surface area contributed by atoms with Gasteiger partial charge in [-0.3, -0.25) is 0 Å². The van der Waals surface area contributed by atoms with Crippen molar-refractivity contribution >= 4 is 27.1 Å². The highest BCUT2D eigenvalue weighted by molar-refractivity contribution is 7.91. The summed E-state index contributed by atoms with van der Waals surface area (Å²) < 4.78 is 22.9. The number of rotatable bonds is 5. The van der Waals surface area contributed by atoms with Crippen LogP contribution < -0.4 is 5.32 Å². The normalized spacial score (nSPS) is 13.4. The molecule has 96 valence electrons. The van der Waals surface area contributed by atoms with Crippen molar-refractivity contribution in [1.29, 1.82) is 0 Å². The number of hydrogen-bond acceptors (Lipinski definition) is 4. The van der Waals surface area contributed by atoms with Gasteiger partial charge in [-0.05, 0) is 26.0 Å². The van der Waals surface area contributed by atoms with Crippen molar-refractivity contribution in [2.45, 2.75) is 26.8 Å². The Labute approximate surface area is 107 Å². The fourth-order valence-electron chi connectivity index (χ4n) is 1.49. The van der Waals surface area contributed by atoms with Gasteiger partial charge in [-0.25, -0.2) is 13.4 Å². The van der Waals surface area contributed by atoms with Crippen LogP contribution in [0.15, 0.2) is 12.1 Å². The van der Waals surface area contributed by atoms with Gasteiger partial charge in [0.2, 0.25) is 0 Å². The topological polar surface area (TPSA) is 59.1 Å². The van der Waals surface area contributed by atoms with Gasteiger partial charge < -0.3 is 5.32 Å². The Morgan fingerprint density at radius 1 is 1.47 bits per heavy atom. The number of pyridine rings is 1. The summed E-state index contributed by atoms with van der Waals surface area (Å²) in [5.74, 6) is 0.280. The number of aromatic nitrogens is 1. The molecule has 1 unspecified atom stereocenters. The van der Waals surface area contributed by atoms with E-state index >= 15 is 0 Å². The van der Waals surface area contributed by atoms with Crippen LogP contribution in [-0.2, 0) is 9.84 Å². The first-order chi connectivity index (χ1) is 7.84. The van der Waals surface area contributed by atoms with Crippen LogP contribution in [0, 0.1) is 6.92 Å². The third-order valence-electron chi connectivity index (χ3n) is 2.40. The molecule has 6 heteroatoms. The maximum absolute atomic E-state index is 11.5. The van der Waals surface area contributed by atoms with E-state index in [0.29, 0.717) is 5.15 Å². The largest absolute Gasteiger partial charge is 0.380 e.